The van der Waals surface area contributed by atoms with E-state index in [4.69, 9.17) is 32.8 Å². The molecule has 0 aromatic carbocycles. The van der Waals surface area contributed by atoms with Crippen molar-refractivity contribution in [3.05, 3.63) is 0 Å². The molecule has 0 rings (SSSR count). The van der Waals surface area contributed by atoms with Crippen LogP contribution in [0, 0.1) is 0 Å². The van der Waals surface area contributed by atoms with Gasteiger partial charge in [0.2, 0.25) is 10.4 Å². The molecule has 0 fully saturated rings. The van der Waals surface area contributed by atoms with E-state index in [0.29, 0.717) is 0 Å². The third kappa shape index (κ3) is 42.3. The average molecular weight is 228 g/mol. The Kier molecular flexibility index (Phi) is 16.6. The van der Waals surface area contributed by atoms with Crippen LogP contribution in [-0.2, 0) is 10.4 Å². The van der Waals surface area contributed by atoms with Crippen molar-refractivity contribution in [1.29, 1.82) is 0 Å². The molecule has 12 heavy (non-hydrogen) atoms. The van der Waals surface area contributed by atoms with Crippen molar-refractivity contribution in [2.45, 2.75) is 6.10 Å². The van der Waals surface area contributed by atoms with Crippen LogP contribution in [0.5, 0.6) is 0 Å². The molecule has 0 aliphatic heterocycles. The summed E-state index contributed by atoms with van der Waals surface area (Å²) in [4.78, 5) is 0. The zero-order valence-corrected chi connectivity index (χ0v) is 10.4. The molecule has 70 valence electrons. The molecule has 0 spiro atoms. The minimum absolute atomic E-state index is 0. The van der Waals surface area contributed by atoms with Crippen LogP contribution >= 0.6 is 0 Å². The van der Waals surface area contributed by atoms with Crippen molar-refractivity contribution in [3.63, 3.8) is 0 Å². The Morgan fingerprint density at radius 3 is 1.42 bits per heavy atom. The molecule has 0 saturated heterocycles. The van der Waals surface area contributed by atoms with Crippen molar-refractivity contribution < 1.29 is 84.2 Å². The van der Waals surface area contributed by atoms with Crippen LogP contribution in [0.4, 0.5) is 0 Å². The van der Waals surface area contributed by atoms with E-state index in [0.717, 1.165) is 0 Å². The number of aliphatic hydroxyl groups is 3. The Morgan fingerprint density at radius 1 is 1.25 bits per heavy atom. The van der Waals surface area contributed by atoms with Crippen molar-refractivity contribution >= 4 is 10.4 Å². The van der Waals surface area contributed by atoms with Crippen molar-refractivity contribution in [2.75, 3.05) is 13.2 Å². The molecule has 4 N–H and O–H groups in total. The van der Waals surface area contributed by atoms with Crippen LogP contribution in [0.2, 0.25) is 0 Å². The van der Waals surface area contributed by atoms with Crippen LogP contribution in [0.15, 0.2) is 0 Å². The van der Waals surface area contributed by atoms with E-state index in [1.165, 1.54) is 0 Å². The van der Waals surface area contributed by atoms with E-state index >= 15 is 0 Å². The molecule has 7 nitrogen and oxygen atoms in total. The van der Waals surface area contributed by atoms with Crippen LogP contribution < -0.4 is 51.4 Å². The van der Waals surface area contributed by atoms with E-state index in [1.54, 1.807) is 0 Å². The van der Waals surface area contributed by atoms with Gasteiger partial charge in [-0.05, 0) is 0 Å². The second-order valence-corrected chi connectivity index (χ2v) is 2.30. The van der Waals surface area contributed by atoms with E-state index < -0.39 is 16.5 Å². The Hall–Kier alpha value is 1.39. The van der Waals surface area contributed by atoms with Crippen molar-refractivity contribution in [2.24, 2.45) is 0 Å². The predicted molar refractivity (Wildman–Crippen MR) is 32.5 cm³/mol. The Morgan fingerprint density at radius 2 is 1.42 bits per heavy atom. The fraction of sp³-hybridized carbons (Fsp3) is 1.00. The maximum atomic E-state index is 8.63. The summed E-state index contributed by atoms with van der Waals surface area (Å²) >= 11 is 0. The van der Waals surface area contributed by atoms with E-state index in [1.807, 2.05) is 0 Å². The summed E-state index contributed by atoms with van der Waals surface area (Å²) in [6, 6.07) is 0. The third-order valence-electron chi connectivity index (χ3n) is 0.421. The maximum absolute atomic E-state index is 8.63. The molecule has 0 aromatic rings. The Labute approximate surface area is 112 Å². The normalized spacial score (nSPS) is 9.83. The fourth-order valence-electron chi connectivity index (χ4n) is 0.0577. The molecule has 0 saturated carbocycles. The van der Waals surface area contributed by atoms with Crippen LogP contribution in [0.1, 0.15) is 0 Å². The zero-order valence-electron chi connectivity index (χ0n) is 6.41. The van der Waals surface area contributed by atoms with Gasteiger partial charge in [-0.1, -0.05) is 0 Å². The minimum atomic E-state index is -4.92. The summed E-state index contributed by atoms with van der Waals surface area (Å²) < 4.78 is 32.8. The average Bonchev–Trinajstić information content (AvgIpc) is 1.83. The number of aliphatic hydroxyl groups excluding tert-OH is 3. The molecule has 0 bridgehead atoms. The number of hydrogen-bond donors (Lipinski definition) is 4. The smallest absolute Gasteiger partial charge is 0.726 e. The molecule has 0 radical (unpaired) electrons. The Bertz CT molecular complexity index is 153. The van der Waals surface area contributed by atoms with Gasteiger partial charge in [0.1, 0.15) is 6.10 Å². The quantitative estimate of drug-likeness (QED) is 0.210. The van der Waals surface area contributed by atoms with Crippen LogP contribution in [-0.4, -0.2) is 52.2 Å². The van der Waals surface area contributed by atoms with Gasteiger partial charge in [-0.3, -0.25) is 4.55 Å². The Balaban J connectivity index is -0.000000126. The van der Waals surface area contributed by atoms with Crippen LogP contribution in [0.3, 0.4) is 0 Å². The van der Waals surface area contributed by atoms with Crippen molar-refractivity contribution in [3.8, 4) is 0 Å². The van der Waals surface area contributed by atoms with Gasteiger partial charge in [0.25, 0.3) is 0 Å². The second-order valence-electron chi connectivity index (χ2n) is 1.45. The maximum Gasteiger partial charge on any atom is 1.00 e. The minimum Gasteiger partial charge on any atom is -0.726 e. The van der Waals surface area contributed by atoms with E-state index in [-0.39, 0.29) is 64.6 Å². The number of hydrogen-bond acceptors (Lipinski definition) is 6. The van der Waals surface area contributed by atoms with Gasteiger partial charge in [-0.2, -0.15) is 0 Å². The summed E-state index contributed by atoms with van der Waals surface area (Å²) in [7, 11) is -4.92. The molecule has 0 aromatic heterocycles. The molecular weight excluding hydrogens is 219 g/mol. The summed E-state index contributed by atoms with van der Waals surface area (Å²) in [6.45, 7) is -0.729. The van der Waals surface area contributed by atoms with Gasteiger partial charge < -0.3 is 19.9 Å². The van der Waals surface area contributed by atoms with E-state index in [9.17, 15) is 0 Å². The first-order valence-corrected chi connectivity index (χ1v) is 3.75. The fourth-order valence-corrected chi connectivity index (χ4v) is 0.0577. The number of rotatable bonds is 2. The van der Waals surface area contributed by atoms with Gasteiger partial charge >= 0.3 is 51.4 Å². The summed E-state index contributed by atoms with van der Waals surface area (Å²) in [5.74, 6) is 0. The van der Waals surface area contributed by atoms with Crippen molar-refractivity contribution in [1.82, 2.24) is 0 Å². The van der Waals surface area contributed by atoms with E-state index in [2.05, 4.69) is 0 Å². The molecule has 9 heteroatoms. The standard InChI is InChI=1S/C3H8O3.K.H2O4S/c4-1-3(6)2-5;;1-5(2,3)4/h3-6H,1-2H2;;(H2,1,2,3,4)/q;+1;/p-1. The van der Waals surface area contributed by atoms with Gasteiger partial charge in [-0.25, -0.2) is 8.42 Å². The molecule has 0 unspecified atom stereocenters. The first-order valence-electron chi connectivity index (χ1n) is 2.39. The summed E-state index contributed by atoms with van der Waals surface area (Å²) in [6.07, 6.45) is -0.954. The SMILES string of the molecule is O=S(=O)([O-])O.OCC(O)CO.[K+]. The zero-order chi connectivity index (χ0) is 9.49. The monoisotopic (exact) mass is 228 g/mol. The second kappa shape index (κ2) is 10.5. The van der Waals surface area contributed by atoms with Gasteiger partial charge in [0, 0.05) is 0 Å². The molecule has 0 atom stereocenters. The summed E-state index contributed by atoms with van der Waals surface area (Å²) in [5.41, 5.74) is 0. The van der Waals surface area contributed by atoms with Gasteiger partial charge in [-0.15, -0.1) is 0 Å². The van der Waals surface area contributed by atoms with Crippen LogP contribution in [0.25, 0.3) is 0 Å². The molecule has 0 aliphatic rings. The van der Waals surface area contributed by atoms with Gasteiger partial charge in [0.05, 0.1) is 13.2 Å². The predicted octanol–water partition coefficient (Wildman–Crippen LogP) is -5.66. The molecule has 0 aliphatic carbocycles. The molecule has 0 amide bonds. The summed E-state index contributed by atoms with van der Waals surface area (Å²) in [5, 5.41) is 24.0. The first-order chi connectivity index (χ1) is 4.81. The largest absolute Gasteiger partial charge is 1.00 e. The third-order valence-corrected chi connectivity index (χ3v) is 0.421. The molecular formula is C3H9KO7S. The topological polar surface area (TPSA) is 138 Å². The first kappa shape index (κ1) is 19.0. The van der Waals surface area contributed by atoms with Gasteiger partial charge in [0.15, 0.2) is 0 Å². The molecule has 0 heterocycles.